The molecule has 1 N–H and O–H groups in total. The largest absolute Gasteiger partial charge is 0.441 e. The molecule has 6 heteroatoms. The van der Waals surface area contributed by atoms with Crippen LogP contribution in [0.15, 0.2) is 59.2 Å². The Kier molecular flexibility index (Phi) is 4.24. The molecule has 5 nitrogen and oxygen atoms in total. The number of hydrogen-bond donors (Lipinski definition) is 1. The summed E-state index contributed by atoms with van der Waals surface area (Å²) in [5.41, 5.74) is 4.69. The van der Waals surface area contributed by atoms with E-state index in [9.17, 15) is 9.18 Å². The van der Waals surface area contributed by atoms with Gasteiger partial charge in [0, 0.05) is 13.1 Å². The number of halogens is 1. The molecule has 27 heavy (non-hydrogen) atoms. The number of benzene rings is 2. The van der Waals surface area contributed by atoms with Crippen molar-refractivity contribution in [1.82, 2.24) is 9.88 Å². The van der Waals surface area contributed by atoms with Crippen LogP contribution in [0, 0.1) is 19.7 Å². The molecule has 0 unspecified atom stereocenters. The third-order valence-corrected chi connectivity index (χ3v) is 4.47. The lowest BCUT2D eigenvalue weighted by molar-refractivity contribution is 0.232. The first-order valence-electron chi connectivity index (χ1n) is 8.59. The van der Waals surface area contributed by atoms with E-state index in [0.717, 1.165) is 22.2 Å². The number of fused-ring (bicyclic) bond motifs is 1. The molecule has 0 aliphatic carbocycles. The number of anilines is 1. The Morgan fingerprint density at radius 1 is 1.26 bits per heavy atom. The first-order chi connectivity index (χ1) is 13.0. The van der Waals surface area contributed by atoms with Crippen molar-refractivity contribution in [3.8, 4) is 0 Å². The summed E-state index contributed by atoms with van der Waals surface area (Å²) >= 11 is 0. The van der Waals surface area contributed by atoms with Gasteiger partial charge in [-0.05, 0) is 54.0 Å². The predicted octanol–water partition coefficient (Wildman–Crippen LogP) is 5.03. The molecule has 0 saturated heterocycles. The number of oxazole rings is 1. The van der Waals surface area contributed by atoms with Crippen LogP contribution in [0.25, 0.3) is 16.7 Å². The fraction of sp³-hybridized carbons (Fsp3) is 0.143. The number of rotatable bonds is 2. The summed E-state index contributed by atoms with van der Waals surface area (Å²) in [7, 11) is 0. The molecule has 0 saturated carbocycles. The third kappa shape index (κ3) is 3.33. The van der Waals surface area contributed by atoms with E-state index >= 15 is 0 Å². The Bertz CT molecular complexity index is 1100. The van der Waals surface area contributed by atoms with Crippen LogP contribution in [0.2, 0.25) is 0 Å². The highest BCUT2D eigenvalue weighted by Crippen LogP contribution is 2.28. The number of hydrogen-bond acceptors (Lipinski definition) is 3. The van der Waals surface area contributed by atoms with Gasteiger partial charge in [0.2, 0.25) is 0 Å². The second-order valence-electron chi connectivity index (χ2n) is 6.44. The average Bonchev–Trinajstić information content (AvgIpc) is 3.02. The maximum Gasteiger partial charge on any atom is 0.326 e. The summed E-state index contributed by atoms with van der Waals surface area (Å²) in [6.45, 7) is 4.18. The van der Waals surface area contributed by atoms with Gasteiger partial charge in [0.25, 0.3) is 0 Å². The monoisotopic (exact) mass is 363 g/mol. The number of aryl methyl sites for hydroxylation is 2. The Morgan fingerprint density at radius 2 is 2.07 bits per heavy atom. The predicted molar refractivity (Wildman–Crippen MR) is 103 cm³/mol. The van der Waals surface area contributed by atoms with E-state index in [1.807, 2.05) is 32.1 Å². The SMILES string of the molecule is Cc1nc2cc(C)c(C3=CC=CN(C(=O)Nc4ccccc4F)C3)cc2o1. The Labute approximate surface area is 155 Å². The summed E-state index contributed by atoms with van der Waals surface area (Å²) in [6, 6.07) is 9.63. The zero-order chi connectivity index (χ0) is 19.0. The van der Waals surface area contributed by atoms with Crippen LogP contribution in [0.4, 0.5) is 14.9 Å². The summed E-state index contributed by atoms with van der Waals surface area (Å²) in [4.78, 5) is 18.4. The van der Waals surface area contributed by atoms with Crippen LogP contribution in [0.1, 0.15) is 17.0 Å². The van der Waals surface area contributed by atoms with Crippen molar-refractivity contribution in [3.63, 3.8) is 0 Å². The fourth-order valence-electron chi connectivity index (χ4n) is 3.16. The Morgan fingerprint density at radius 3 is 2.89 bits per heavy atom. The smallest absolute Gasteiger partial charge is 0.326 e. The molecule has 136 valence electrons. The third-order valence-electron chi connectivity index (χ3n) is 4.47. The molecule has 1 aliphatic heterocycles. The van der Waals surface area contributed by atoms with E-state index in [1.54, 1.807) is 24.4 Å². The van der Waals surface area contributed by atoms with Gasteiger partial charge in [-0.15, -0.1) is 0 Å². The van der Waals surface area contributed by atoms with Crippen LogP contribution in [0.5, 0.6) is 0 Å². The van der Waals surface area contributed by atoms with E-state index in [-0.39, 0.29) is 5.69 Å². The molecule has 0 atom stereocenters. The van der Waals surface area contributed by atoms with E-state index in [0.29, 0.717) is 18.0 Å². The van der Waals surface area contributed by atoms with E-state index < -0.39 is 11.8 Å². The van der Waals surface area contributed by atoms with Gasteiger partial charge >= 0.3 is 6.03 Å². The summed E-state index contributed by atoms with van der Waals surface area (Å²) in [5, 5.41) is 2.60. The van der Waals surface area contributed by atoms with Crippen molar-refractivity contribution >= 4 is 28.4 Å². The number of amides is 2. The standard InChI is InChI=1S/C21H18FN3O2/c1-13-10-19-20(27-14(2)23-19)11-16(13)15-6-5-9-25(12-15)21(26)24-18-8-4-3-7-17(18)22/h3-11H,12H2,1-2H3,(H,24,26). The van der Waals surface area contributed by atoms with Crippen LogP contribution < -0.4 is 5.32 Å². The molecule has 2 aromatic carbocycles. The highest BCUT2D eigenvalue weighted by Gasteiger charge is 2.19. The number of para-hydroxylation sites is 1. The summed E-state index contributed by atoms with van der Waals surface area (Å²) in [5.74, 6) is 0.148. The minimum absolute atomic E-state index is 0.154. The highest BCUT2D eigenvalue weighted by atomic mass is 19.1. The second-order valence-corrected chi connectivity index (χ2v) is 6.44. The maximum atomic E-state index is 13.8. The number of carbonyl (C=O) groups is 1. The first-order valence-corrected chi connectivity index (χ1v) is 8.59. The number of nitrogens with one attached hydrogen (secondary N) is 1. The molecular weight excluding hydrogens is 345 g/mol. The maximum absolute atomic E-state index is 13.8. The molecule has 3 aromatic rings. The molecule has 1 aromatic heterocycles. The lowest BCUT2D eigenvalue weighted by Gasteiger charge is -2.24. The quantitative estimate of drug-likeness (QED) is 0.695. The summed E-state index contributed by atoms with van der Waals surface area (Å²) in [6.07, 6.45) is 5.44. The Balaban J connectivity index is 1.57. The van der Waals surface area contributed by atoms with Crippen LogP contribution in [0.3, 0.4) is 0 Å². The van der Waals surface area contributed by atoms with Gasteiger partial charge in [-0.2, -0.15) is 0 Å². The zero-order valence-corrected chi connectivity index (χ0v) is 15.0. The van der Waals surface area contributed by atoms with Crippen molar-refractivity contribution in [1.29, 1.82) is 0 Å². The molecule has 0 spiro atoms. The molecule has 2 amide bonds. The van der Waals surface area contributed by atoms with Gasteiger partial charge in [-0.25, -0.2) is 14.2 Å². The van der Waals surface area contributed by atoms with E-state index in [1.165, 1.54) is 17.0 Å². The topological polar surface area (TPSA) is 58.4 Å². The van der Waals surface area contributed by atoms with Crippen LogP contribution in [-0.4, -0.2) is 22.5 Å². The van der Waals surface area contributed by atoms with Crippen molar-refractivity contribution in [2.75, 3.05) is 11.9 Å². The first kappa shape index (κ1) is 17.0. The van der Waals surface area contributed by atoms with Gasteiger partial charge < -0.3 is 9.73 Å². The number of urea groups is 1. The van der Waals surface area contributed by atoms with Crippen molar-refractivity contribution in [3.05, 3.63) is 77.6 Å². The molecule has 0 fully saturated rings. The highest BCUT2D eigenvalue weighted by molar-refractivity contribution is 5.92. The zero-order valence-electron chi connectivity index (χ0n) is 15.0. The van der Waals surface area contributed by atoms with Gasteiger partial charge in [0.05, 0.1) is 12.2 Å². The van der Waals surface area contributed by atoms with Crippen molar-refractivity contribution < 1.29 is 13.6 Å². The molecule has 1 aliphatic rings. The number of allylic oxidation sites excluding steroid dienone is 2. The van der Waals surface area contributed by atoms with Gasteiger partial charge in [-0.3, -0.25) is 4.90 Å². The second kappa shape index (κ2) is 6.72. The minimum Gasteiger partial charge on any atom is -0.441 e. The fourth-order valence-corrected chi connectivity index (χ4v) is 3.16. The van der Waals surface area contributed by atoms with Gasteiger partial charge in [0.15, 0.2) is 11.5 Å². The van der Waals surface area contributed by atoms with E-state index in [4.69, 9.17) is 4.42 Å². The lowest BCUT2D eigenvalue weighted by atomic mass is 9.98. The Hall–Kier alpha value is -3.41. The molecule has 0 radical (unpaired) electrons. The van der Waals surface area contributed by atoms with Gasteiger partial charge in [0.1, 0.15) is 11.3 Å². The van der Waals surface area contributed by atoms with Crippen molar-refractivity contribution in [2.45, 2.75) is 13.8 Å². The van der Waals surface area contributed by atoms with Crippen LogP contribution in [-0.2, 0) is 0 Å². The minimum atomic E-state index is -0.468. The normalized spacial score (nSPS) is 13.7. The number of aromatic nitrogens is 1. The molecule has 2 heterocycles. The lowest BCUT2D eigenvalue weighted by Crippen LogP contribution is -2.33. The average molecular weight is 363 g/mol. The molecular formula is C21H18FN3O2. The van der Waals surface area contributed by atoms with E-state index in [2.05, 4.69) is 10.3 Å². The molecule has 4 rings (SSSR count). The number of carbonyl (C=O) groups excluding carboxylic acids is 1. The number of nitrogens with zero attached hydrogens (tertiary/aromatic N) is 2. The van der Waals surface area contributed by atoms with Crippen LogP contribution >= 0.6 is 0 Å². The van der Waals surface area contributed by atoms with Crippen molar-refractivity contribution in [2.24, 2.45) is 0 Å². The summed E-state index contributed by atoms with van der Waals surface area (Å²) < 4.78 is 19.4. The van der Waals surface area contributed by atoms with Gasteiger partial charge in [-0.1, -0.05) is 18.2 Å². The molecule has 0 bridgehead atoms.